The van der Waals surface area contributed by atoms with E-state index in [2.05, 4.69) is 5.32 Å². The van der Waals surface area contributed by atoms with E-state index in [-0.39, 0.29) is 17.2 Å². The third-order valence-corrected chi connectivity index (χ3v) is 4.38. The number of alkyl carbamates (subject to hydrolysis) is 1. The lowest BCUT2D eigenvalue weighted by Crippen LogP contribution is -2.29. The van der Waals surface area contributed by atoms with E-state index in [1.807, 2.05) is 12.1 Å². The molecule has 7 heteroatoms. The number of carbonyl (C=O) groups excluding carboxylic acids is 1. The van der Waals surface area contributed by atoms with E-state index in [9.17, 15) is 4.79 Å². The molecule has 0 aliphatic heterocycles. The Morgan fingerprint density at radius 1 is 1.21 bits per heavy atom. The molecule has 1 amide bonds. The molecule has 0 heterocycles. The zero-order chi connectivity index (χ0) is 20.7. The van der Waals surface area contributed by atoms with Crippen molar-refractivity contribution in [1.29, 1.82) is 5.41 Å². The Balaban J connectivity index is 2.16. The van der Waals surface area contributed by atoms with Crippen LogP contribution in [0.25, 0.3) is 5.76 Å². The van der Waals surface area contributed by atoms with Crippen LogP contribution in [0.4, 0.5) is 4.79 Å². The number of amides is 1. The first-order chi connectivity index (χ1) is 13.3. The zero-order valence-electron chi connectivity index (χ0n) is 16.0. The minimum atomic E-state index is -0.755. The Morgan fingerprint density at radius 3 is 2.43 bits per heavy atom. The molecule has 1 atom stereocenters. The van der Waals surface area contributed by atoms with Crippen LogP contribution >= 0.6 is 11.6 Å². The van der Waals surface area contributed by atoms with E-state index >= 15 is 0 Å². The largest absolute Gasteiger partial charge is 0.591 e. The number of halogens is 1. The molecule has 0 saturated heterocycles. The molecule has 148 valence electrons. The van der Waals surface area contributed by atoms with Crippen LogP contribution in [-0.4, -0.2) is 24.0 Å². The van der Waals surface area contributed by atoms with Crippen molar-refractivity contribution in [3.63, 3.8) is 0 Å². The summed E-state index contributed by atoms with van der Waals surface area (Å²) in [6, 6.07) is 14.3. The van der Waals surface area contributed by atoms with Crippen molar-refractivity contribution in [2.45, 2.75) is 26.6 Å². The Kier molecular flexibility index (Phi) is 7.61. The molecule has 1 unspecified atom stereocenters. The van der Waals surface area contributed by atoms with Crippen LogP contribution in [0.3, 0.4) is 0 Å². The number of benzene rings is 2. The highest BCUT2D eigenvalue weighted by Crippen LogP contribution is 2.25. The molecule has 0 saturated carbocycles. The molecule has 0 fully saturated rings. The molecule has 0 aliphatic carbocycles. The van der Waals surface area contributed by atoms with Gasteiger partial charge in [-0.2, -0.15) is 0 Å². The minimum Gasteiger partial charge on any atom is -0.591 e. The van der Waals surface area contributed by atoms with Gasteiger partial charge in [0, 0.05) is 17.7 Å². The predicted octanol–water partition coefficient (Wildman–Crippen LogP) is 4.41. The summed E-state index contributed by atoms with van der Waals surface area (Å²) >= 11 is 6.13. The number of hydrogen-bond donors (Lipinski definition) is 2. The quantitative estimate of drug-likeness (QED) is 0.407. The number of ether oxygens (including phenoxy) is 2. The first kappa shape index (κ1) is 21.5. The maximum atomic E-state index is 12.3. The molecule has 28 heavy (non-hydrogen) atoms. The molecular weight excluding hydrogens is 380 g/mol. The molecule has 6 nitrogen and oxygen atoms in total. The van der Waals surface area contributed by atoms with Crippen molar-refractivity contribution in [3.8, 4) is 0 Å². The fraction of sp³-hybridized carbons (Fsp3) is 0.238. The van der Waals surface area contributed by atoms with Crippen LogP contribution in [-0.2, 0) is 16.1 Å². The van der Waals surface area contributed by atoms with Crippen molar-refractivity contribution in [2.75, 3.05) is 7.11 Å². The van der Waals surface area contributed by atoms with Gasteiger partial charge in [-0.05, 0) is 37.6 Å². The lowest BCUT2D eigenvalue weighted by Gasteiger charge is -2.16. The standard InChI is InChI=1S/C21H23ClN2O4/c1-13(23)19(20(25)16-10-8-15(9-11-16)12-27-3)24-21(26)28-14(2)17-6-4-5-7-18(17)22/h4-11,14,23,25H,12H2,1-3H3,(H,24,26)/p+1. The van der Waals surface area contributed by atoms with Crippen LogP contribution < -0.4 is 5.32 Å². The average Bonchev–Trinajstić information content (AvgIpc) is 2.66. The van der Waals surface area contributed by atoms with Gasteiger partial charge >= 0.3 is 6.09 Å². The first-order valence-electron chi connectivity index (χ1n) is 8.65. The molecule has 0 radical (unpaired) electrons. The van der Waals surface area contributed by atoms with E-state index in [4.69, 9.17) is 31.6 Å². The fourth-order valence-electron chi connectivity index (χ4n) is 2.58. The van der Waals surface area contributed by atoms with Crippen LogP contribution in [0.5, 0.6) is 0 Å². The van der Waals surface area contributed by atoms with Gasteiger partial charge < -0.3 is 20.0 Å². The van der Waals surface area contributed by atoms with Crippen molar-refractivity contribution >= 4 is 29.2 Å². The molecule has 4 N–H and O–H groups in total. The summed E-state index contributed by atoms with van der Waals surface area (Å²) in [6.07, 6.45) is -1.33. The van der Waals surface area contributed by atoms with Crippen LogP contribution in [0, 0.1) is 5.41 Å². The summed E-state index contributed by atoms with van der Waals surface area (Å²) in [4.78, 5) is 12.3. The minimum absolute atomic E-state index is 0.0267. The average molecular weight is 404 g/mol. The second-order valence-electron chi connectivity index (χ2n) is 6.20. The van der Waals surface area contributed by atoms with Crippen molar-refractivity contribution in [3.05, 3.63) is 75.9 Å². The zero-order valence-corrected chi connectivity index (χ0v) is 16.8. The summed E-state index contributed by atoms with van der Waals surface area (Å²) in [5.41, 5.74) is 2.34. The molecule has 2 aromatic rings. The third-order valence-electron chi connectivity index (χ3n) is 4.03. The number of allylic oxidation sites excluding steroid dienone is 1. The van der Waals surface area contributed by atoms with Gasteiger partial charge in [-0.3, -0.25) is 5.32 Å². The lowest BCUT2D eigenvalue weighted by atomic mass is 10.1. The van der Waals surface area contributed by atoms with E-state index in [1.165, 1.54) is 6.92 Å². The first-order valence-corrected chi connectivity index (χ1v) is 9.03. The van der Waals surface area contributed by atoms with Gasteiger partial charge in [0.25, 0.3) is 5.76 Å². The van der Waals surface area contributed by atoms with Crippen LogP contribution in [0.2, 0.25) is 5.02 Å². The highest BCUT2D eigenvalue weighted by Gasteiger charge is 2.21. The van der Waals surface area contributed by atoms with Crippen LogP contribution in [0.1, 0.15) is 36.6 Å². The Labute approximate surface area is 169 Å². The molecule has 0 aromatic heterocycles. The molecular formula is C21H24ClN2O4+. The number of nitrogens with one attached hydrogen (secondary N) is 2. The number of carbonyl (C=O) groups is 1. The van der Waals surface area contributed by atoms with Gasteiger partial charge in [0.2, 0.25) is 0 Å². The fourth-order valence-corrected chi connectivity index (χ4v) is 2.87. The second kappa shape index (κ2) is 9.92. The van der Waals surface area contributed by atoms with Gasteiger partial charge in [-0.15, -0.1) is 0 Å². The molecule has 0 bridgehead atoms. The van der Waals surface area contributed by atoms with Crippen molar-refractivity contribution in [2.24, 2.45) is 0 Å². The second-order valence-corrected chi connectivity index (χ2v) is 6.61. The van der Waals surface area contributed by atoms with Crippen LogP contribution in [0.15, 0.2) is 54.2 Å². The highest BCUT2D eigenvalue weighted by molar-refractivity contribution is 6.31. The summed E-state index contributed by atoms with van der Waals surface area (Å²) in [7, 11) is 1.61. The Bertz CT molecular complexity index is 878. The van der Waals surface area contributed by atoms with Gasteiger partial charge in [0.05, 0.1) is 17.9 Å². The van der Waals surface area contributed by atoms with Crippen molar-refractivity contribution in [1.82, 2.24) is 5.32 Å². The highest BCUT2D eigenvalue weighted by atomic mass is 35.5. The maximum Gasteiger partial charge on any atom is 0.412 e. The van der Waals surface area contributed by atoms with Gasteiger partial charge in [-0.25, -0.2) is 4.79 Å². The molecule has 2 aromatic carbocycles. The third kappa shape index (κ3) is 5.58. The summed E-state index contributed by atoms with van der Waals surface area (Å²) < 4.78 is 10.4. The molecule has 0 aliphatic rings. The Morgan fingerprint density at radius 2 is 1.86 bits per heavy atom. The summed E-state index contributed by atoms with van der Waals surface area (Å²) in [6.45, 7) is 3.68. The predicted molar refractivity (Wildman–Crippen MR) is 111 cm³/mol. The van der Waals surface area contributed by atoms with Gasteiger partial charge in [-0.1, -0.05) is 41.9 Å². The van der Waals surface area contributed by atoms with Crippen molar-refractivity contribution < 1.29 is 19.4 Å². The monoisotopic (exact) mass is 403 g/mol. The topological polar surface area (TPSA) is 94.3 Å². The maximum absolute atomic E-state index is 12.3. The van der Waals surface area contributed by atoms with Gasteiger partial charge in [0.1, 0.15) is 6.10 Å². The SMILES string of the molecule is COCc1ccc(C([OH2+])=C(NC(=O)OC(C)c2ccccc2Cl)C(C)=N)cc1. The molecule has 0 spiro atoms. The summed E-state index contributed by atoms with van der Waals surface area (Å²) in [5, 5.41) is 19.3. The Hall–Kier alpha value is -2.83. The number of rotatable bonds is 7. The van der Waals surface area contributed by atoms with E-state index in [0.29, 0.717) is 22.8 Å². The summed E-state index contributed by atoms with van der Waals surface area (Å²) in [5.74, 6) is 0.0267. The number of hydrogen-bond acceptors (Lipinski definition) is 4. The van der Waals surface area contributed by atoms with E-state index < -0.39 is 12.2 Å². The lowest BCUT2D eigenvalue weighted by molar-refractivity contribution is 0.110. The van der Waals surface area contributed by atoms with E-state index in [1.54, 1.807) is 50.4 Å². The van der Waals surface area contributed by atoms with E-state index in [0.717, 1.165) is 5.56 Å². The smallest absolute Gasteiger partial charge is 0.412 e. The number of methoxy groups -OCH3 is 1. The van der Waals surface area contributed by atoms with Gasteiger partial charge in [0.15, 0.2) is 5.70 Å². The normalized spacial score (nSPS) is 12.7. The molecule has 2 rings (SSSR count).